The van der Waals surface area contributed by atoms with E-state index in [1.54, 1.807) is 12.1 Å². The standard InChI is InChI=1S/C16H23NO3/c1-2-3-10-17-16(18)13-6-8-14(9-7-13)20-12-15-5-4-11-19-15/h6-9,15H,2-5,10-12H2,1H3,(H,17,18). The molecule has 20 heavy (non-hydrogen) atoms. The summed E-state index contributed by atoms with van der Waals surface area (Å²) in [5.74, 6) is 0.759. The van der Waals surface area contributed by atoms with Gasteiger partial charge < -0.3 is 14.8 Å². The quantitative estimate of drug-likeness (QED) is 0.780. The molecule has 0 bridgehead atoms. The SMILES string of the molecule is CCCCNC(=O)c1ccc(OCC2CCCO2)cc1. The summed E-state index contributed by atoms with van der Waals surface area (Å²) in [6.07, 6.45) is 4.49. The van der Waals surface area contributed by atoms with Crippen LogP contribution in [0.5, 0.6) is 5.75 Å². The third kappa shape index (κ3) is 4.53. The van der Waals surface area contributed by atoms with Crippen molar-refractivity contribution < 1.29 is 14.3 Å². The zero-order chi connectivity index (χ0) is 14.2. The first-order valence-corrected chi connectivity index (χ1v) is 7.42. The molecule has 110 valence electrons. The van der Waals surface area contributed by atoms with Gasteiger partial charge in [0.05, 0.1) is 6.10 Å². The molecular formula is C16H23NO3. The number of amides is 1. The monoisotopic (exact) mass is 277 g/mol. The Kier molecular flexibility index (Phi) is 5.87. The zero-order valence-electron chi connectivity index (χ0n) is 12.1. The van der Waals surface area contributed by atoms with E-state index in [1.807, 2.05) is 12.1 Å². The molecule has 0 aromatic heterocycles. The van der Waals surface area contributed by atoms with Gasteiger partial charge in [-0.15, -0.1) is 0 Å². The van der Waals surface area contributed by atoms with Crippen molar-refractivity contribution in [1.29, 1.82) is 0 Å². The summed E-state index contributed by atoms with van der Waals surface area (Å²) in [6, 6.07) is 7.27. The molecule has 1 aliphatic rings. The molecule has 1 aromatic carbocycles. The second kappa shape index (κ2) is 7.90. The zero-order valence-corrected chi connectivity index (χ0v) is 12.1. The average Bonchev–Trinajstić information content (AvgIpc) is 2.99. The Bertz CT molecular complexity index is 410. The van der Waals surface area contributed by atoms with E-state index in [0.29, 0.717) is 12.2 Å². The number of carbonyl (C=O) groups is 1. The first-order chi connectivity index (χ1) is 9.79. The van der Waals surface area contributed by atoms with Gasteiger partial charge in [0.1, 0.15) is 12.4 Å². The topological polar surface area (TPSA) is 47.6 Å². The van der Waals surface area contributed by atoms with Crippen molar-refractivity contribution in [3.63, 3.8) is 0 Å². The van der Waals surface area contributed by atoms with Gasteiger partial charge in [-0.2, -0.15) is 0 Å². The molecule has 1 aromatic rings. The van der Waals surface area contributed by atoms with Crippen LogP contribution in [0.25, 0.3) is 0 Å². The summed E-state index contributed by atoms with van der Waals surface area (Å²) < 4.78 is 11.2. The molecule has 1 fully saturated rings. The molecule has 1 saturated heterocycles. The number of carbonyl (C=O) groups excluding carboxylic acids is 1. The predicted octanol–water partition coefficient (Wildman–Crippen LogP) is 2.77. The summed E-state index contributed by atoms with van der Waals surface area (Å²) in [7, 11) is 0. The van der Waals surface area contributed by atoms with Crippen LogP contribution in [0.15, 0.2) is 24.3 Å². The summed E-state index contributed by atoms with van der Waals surface area (Å²) in [5, 5.41) is 2.90. The van der Waals surface area contributed by atoms with Crippen molar-refractivity contribution in [2.45, 2.75) is 38.7 Å². The number of hydrogen-bond acceptors (Lipinski definition) is 3. The maximum atomic E-state index is 11.8. The van der Waals surface area contributed by atoms with Crippen molar-refractivity contribution >= 4 is 5.91 Å². The van der Waals surface area contributed by atoms with E-state index in [9.17, 15) is 4.79 Å². The van der Waals surface area contributed by atoms with Crippen molar-refractivity contribution in [3.8, 4) is 5.75 Å². The normalized spacial score (nSPS) is 17.9. The maximum Gasteiger partial charge on any atom is 0.251 e. The number of benzene rings is 1. The van der Waals surface area contributed by atoms with Gasteiger partial charge >= 0.3 is 0 Å². The molecule has 1 aliphatic heterocycles. The Labute approximate surface area is 120 Å². The third-order valence-corrected chi connectivity index (χ3v) is 3.39. The van der Waals surface area contributed by atoms with E-state index in [1.165, 1.54) is 0 Å². The van der Waals surface area contributed by atoms with Crippen molar-refractivity contribution in [2.75, 3.05) is 19.8 Å². The lowest BCUT2D eigenvalue weighted by Gasteiger charge is -2.11. The van der Waals surface area contributed by atoms with Crippen LogP contribution in [-0.4, -0.2) is 31.8 Å². The Morgan fingerprint density at radius 3 is 2.85 bits per heavy atom. The van der Waals surface area contributed by atoms with E-state index in [2.05, 4.69) is 12.2 Å². The first kappa shape index (κ1) is 14.9. The highest BCUT2D eigenvalue weighted by atomic mass is 16.5. The molecule has 4 nitrogen and oxygen atoms in total. The van der Waals surface area contributed by atoms with Gasteiger partial charge in [-0.1, -0.05) is 13.3 Å². The largest absolute Gasteiger partial charge is 0.491 e. The highest BCUT2D eigenvalue weighted by Crippen LogP contribution is 2.16. The lowest BCUT2D eigenvalue weighted by molar-refractivity contribution is 0.0679. The molecule has 1 amide bonds. The maximum absolute atomic E-state index is 11.8. The molecule has 0 radical (unpaired) electrons. The average molecular weight is 277 g/mol. The fourth-order valence-electron chi connectivity index (χ4n) is 2.15. The molecule has 0 aliphatic carbocycles. The number of rotatable bonds is 7. The molecule has 4 heteroatoms. The van der Waals surface area contributed by atoms with Crippen LogP contribution in [0.1, 0.15) is 43.0 Å². The van der Waals surface area contributed by atoms with E-state index < -0.39 is 0 Å². The van der Waals surface area contributed by atoms with Crippen molar-refractivity contribution in [3.05, 3.63) is 29.8 Å². The van der Waals surface area contributed by atoms with Gasteiger partial charge in [-0.05, 0) is 43.5 Å². The van der Waals surface area contributed by atoms with Gasteiger partial charge in [0.25, 0.3) is 5.91 Å². The smallest absolute Gasteiger partial charge is 0.251 e. The summed E-state index contributed by atoms with van der Waals surface area (Å²) in [4.78, 5) is 11.8. The minimum Gasteiger partial charge on any atom is -0.491 e. The van der Waals surface area contributed by atoms with E-state index in [4.69, 9.17) is 9.47 Å². The van der Waals surface area contributed by atoms with Gasteiger partial charge in [0.15, 0.2) is 0 Å². The Balaban J connectivity index is 1.78. The lowest BCUT2D eigenvalue weighted by Crippen LogP contribution is -2.24. The molecule has 0 saturated carbocycles. The van der Waals surface area contributed by atoms with Crippen LogP contribution in [0.3, 0.4) is 0 Å². The third-order valence-electron chi connectivity index (χ3n) is 3.39. The Hall–Kier alpha value is -1.55. The van der Waals surface area contributed by atoms with Crippen LogP contribution >= 0.6 is 0 Å². The Morgan fingerprint density at radius 2 is 2.20 bits per heavy atom. The molecule has 1 heterocycles. The number of ether oxygens (including phenoxy) is 2. The second-order valence-electron chi connectivity index (χ2n) is 5.08. The fourth-order valence-corrected chi connectivity index (χ4v) is 2.15. The molecule has 1 N–H and O–H groups in total. The molecule has 1 atom stereocenters. The van der Waals surface area contributed by atoms with Crippen LogP contribution in [0, 0.1) is 0 Å². The second-order valence-corrected chi connectivity index (χ2v) is 5.08. The van der Waals surface area contributed by atoms with E-state index >= 15 is 0 Å². The van der Waals surface area contributed by atoms with Crippen LogP contribution in [-0.2, 0) is 4.74 Å². The fraction of sp³-hybridized carbons (Fsp3) is 0.562. The predicted molar refractivity (Wildman–Crippen MR) is 78.2 cm³/mol. The summed E-state index contributed by atoms with van der Waals surface area (Å²) >= 11 is 0. The van der Waals surface area contributed by atoms with Crippen LogP contribution < -0.4 is 10.1 Å². The number of hydrogen-bond donors (Lipinski definition) is 1. The highest BCUT2D eigenvalue weighted by molar-refractivity contribution is 5.94. The minimum absolute atomic E-state index is 0.0240. The minimum atomic E-state index is -0.0240. The molecule has 1 unspecified atom stereocenters. The highest BCUT2D eigenvalue weighted by Gasteiger charge is 2.16. The van der Waals surface area contributed by atoms with Gasteiger partial charge in [0.2, 0.25) is 0 Å². The molecule has 2 rings (SSSR count). The number of unbranched alkanes of at least 4 members (excludes halogenated alkanes) is 1. The van der Waals surface area contributed by atoms with E-state index in [-0.39, 0.29) is 12.0 Å². The van der Waals surface area contributed by atoms with Crippen LogP contribution in [0.2, 0.25) is 0 Å². The summed E-state index contributed by atoms with van der Waals surface area (Å²) in [5.41, 5.74) is 0.672. The molecule has 0 spiro atoms. The number of nitrogens with one attached hydrogen (secondary N) is 1. The lowest BCUT2D eigenvalue weighted by atomic mass is 10.2. The van der Waals surface area contributed by atoms with Gasteiger partial charge in [-0.3, -0.25) is 4.79 Å². The Morgan fingerprint density at radius 1 is 1.40 bits per heavy atom. The van der Waals surface area contributed by atoms with Crippen molar-refractivity contribution in [1.82, 2.24) is 5.32 Å². The van der Waals surface area contributed by atoms with Gasteiger partial charge in [-0.25, -0.2) is 0 Å². The van der Waals surface area contributed by atoms with Crippen molar-refractivity contribution in [2.24, 2.45) is 0 Å². The van der Waals surface area contributed by atoms with Crippen LogP contribution in [0.4, 0.5) is 0 Å². The molecular weight excluding hydrogens is 254 g/mol. The van der Waals surface area contributed by atoms with Gasteiger partial charge in [0, 0.05) is 18.7 Å². The first-order valence-electron chi connectivity index (χ1n) is 7.42. The summed E-state index contributed by atoms with van der Waals surface area (Å²) in [6.45, 7) is 4.26. The van der Waals surface area contributed by atoms with E-state index in [0.717, 1.165) is 44.6 Å².